The summed E-state index contributed by atoms with van der Waals surface area (Å²) in [7, 11) is 3.38. The Morgan fingerprint density at radius 3 is 2.29 bits per heavy atom. The third kappa shape index (κ3) is 7.18. The Labute approximate surface area is 303 Å². The van der Waals surface area contributed by atoms with E-state index in [0.717, 1.165) is 48.6 Å². The fourth-order valence-corrected chi connectivity index (χ4v) is 6.93. The van der Waals surface area contributed by atoms with Crippen molar-refractivity contribution in [2.24, 2.45) is 7.05 Å². The largest absolute Gasteiger partial charge is 0.508 e. The van der Waals surface area contributed by atoms with Crippen molar-refractivity contribution in [1.29, 1.82) is 0 Å². The van der Waals surface area contributed by atoms with Crippen molar-refractivity contribution in [3.8, 4) is 23.0 Å². The number of amides is 2. The molecule has 2 aliphatic rings. The highest BCUT2D eigenvalue weighted by Crippen LogP contribution is 2.35. The van der Waals surface area contributed by atoms with Crippen LogP contribution in [0, 0.1) is 6.92 Å². The Kier molecular flexibility index (Phi) is 10.7. The molecule has 3 aromatic carbocycles. The number of fused-ring (bicyclic) bond motifs is 1. The standard InChI is InChI=1S/C39H40N6O5.ClH/c1-26-35(38(48)45(29-12-14-32(46)15-13-29)31-22-40-39(49-3)41-23-31)21-36(42(26)2)33-10-6-7-11-34(33)37(47)44-24-28-9-5-4-8-27(28)20-30(44)25-43-16-18-50-19-17-43;/h4-15,21-23,30,46H,16-20,24-25H2,1-3H3;1H/t30-;/m0./s1. The number of halogens is 1. The van der Waals surface area contributed by atoms with Gasteiger partial charge in [-0.2, -0.15) is 0 Å². The quantitative estimate of drug-likeness (QED) is 0.215. The molecule has 1 atom stereocenters. The molecule has 1 saturated heterocycles. The number of rotatable bonds is 8. The van der Waals surface area contributed by atoms with Crippen molar-refractivity contribution in [2.75, 3.05) is 44.9 Å². The Morgan fingerprint density at radius 2 is 1.59 bits per heavy atom. The first-order valence-electron chi connectivity index (χ1n) is 16.8. The van der Waals surface area contributed by atoms with E-state index in [-0.39, 0.29) is 42.0 Å². The predicted molar refractivity (Wildman–Crippen MR) is 197 cm³/mol. The molecule has 51 heavy (non-hydrogen) atoms. The zero-order chi connectivity index (χ0) is 34.8. The van der Waals surface area contributed by atoms with Crippen molar-refractivity contribution < 1.29 is 24.2 Å². The van der Waals surface area contributed by atoms with Crippen molar-refractivity contribution in [3.05, 3.63) is 119 Å². The number of anilines is 2. The lowest BCUT2D eigenvalue weighted by atomic mass is 9.92. The van der Waals surface area contributed by atoms with Gasteiger partial charge in [0.2, 0.25) is 0 Å². The molecule has 2 aromatic heterocycles. The number of nitrogens with zero attached hydrogens (tertiary/aromatic N) is 6. The van der Waals surface area contributed by atoms with Crippen LogP contribution in [-0.2, 0) is 24.8 Å². The summed E-state index contributed by atoms with van der Waals surface area (Å²) < 4.78 is 12.7. The summed E-state index contributed by atoms with van der Waals surface area (Å²) in [6.45, 7) is 6.28. The second-order valence-corrected chi connectivity index (χ2v) is 12.7. The van der Waals surface area contributed by atoms with Crippen LogP contribution in [0.25, 0.3) is 11.3 Å². The number of carbonyl (C=O) groups is 2. The van der Waals surface area contributed by atoms with Crippen LogP contribution in [0.2, 0.25) is 0 Å². The predicted octanol–water partition coefficient (Wildman–Crippen LogP) is 5.80. The molecule has 1 fully saturated rings. The summed E-state index contributed by atoms with van der Waals surface area (Å²) in [5.74, 6) is -0.275. The number of phenolic OH excluding ortho intramolecular Hbond substituents is 1. The minimum Gasteiger partial charge on any atom is -0.508 e. The van der Waals surface area contributed by atoms with E-state index in [9.17, 15) is 14.7 Å². The third-order valence-corrected chi connectivity index (χ3v) is 9.75. The number of hydrogen-bond acceptors (Lipinski definition) is 8. The summed E-state index contributed by atoms with van der Waals surface area (Å²) in [6.07, 6.45) is 3.83. The molecule has 2 aliphatic heterocycles. The fourth-order valence-electron chi connectivity index (χ4n) is 6.93. The van der Waals surface area contributed by atoms with Gasteiger partial charge in [-0.3, -0.25) is 19.4 Å². The summed E-state index contributed by atoms with van der Waals surface area (Å²) in [6, 6.07) is 24.4. The van der Waals surface area contributed by atoms with Gasteiger partial charge in [0.1, 0.15) is 5.75 Å². The number of morpholine rings is 1. The van der Waals surface area contributed by atoms with Crippen LogP contribution in [-0.4, -0.2) is 87.3 Å². The monoisotopic (exact) mass is 708 g/mol. The number of aromatic hydroxyl groups is 1. The van der Waals surface area contributed by atoms with Gasteiger partial charge in [-0.15, -0.1) is 12.4 Å². The normalized spacial score (nSPS) is 15.8. The van der Waals surface area contributed by atoms with E-state index in [1.54, 1.807) is 12.1 Å². The molecular formula is C39H41ClN6O5. The first-order valence-corrected chi connectivity index (χ1v) is 16.8. The van der Waals surface area contributed by atoms with E-state index >= 15 is 0 Å². The van der Waals surface area contributed by atoms with Gasteiger partial charge >= 0.3 is 6.01 Å². The molecule has 11 nitrogen and oxygen atoms in total. The first-order chi connectivity index (χ1) is 24.3. The maximum atomic E-state index is 14.7. The Morgan fingerprint density at radius 1 is 0.922 bits per heavy atom. The molecule has 0 aliphatic carbocycles. The molecule has 0 saturated carbocycles. The number of ether oxygens (including phenoxy) is 2. The van der Waals surface area contributed by atoms with Gasteiger partial charge in [-0.25, -0.2) is 9.97 Å². The lowest BCUT2D eigenvalue weighted by molar-refractivity contribution is 0.0193. The van der Waals surface area contributed by atoms with Gasteiger partial charge in [0, 0.05) is 67.5 Å². The van der Waals surface area contributed by atoms with Gasteiger partial charge in [-0.05, 0) is 60.9 Å². The van der Waals surface area contributed by atoms with Crippen molar-refractivity contribution in [3.63, 3.8) is 0 Å². The van der Waals surface area contributed by atoms with Crippen LogP contribution >= 0.6 is 12.4 Å². The van der Waals surface area contributed by atoms with Crippen LogP contribution in [0.15, 0.2) is 91.3 Å². The lowest BCUT2D eigenvalue weighted by Gasteiger charge is -2.40. The van der Waals surface area contributed by atoms with Crippen molar-refractivity contribution in [2.45, 2.75) is 25.9 Å². The zero-order valence-corrected chi connectivity index (χ0v) is 29.7. The Hall–Kier alpha value is -5.23. The minimum atomic E-state index is -0.314. The number of methoxy groups -OCH3 is 1. The second kappa shape index (κ2) is 15.3. The molecule has 264 valence electrons. The molecule has 0 unspecified atom stereocenters. The number of hydrogen-bond donors (Lipinski definition) is 1. The Bertz CT molecular complexity index is 2010. The summed E-state index contributed by atoms with van der Waals surface area (Å²) in [5.41, 5.74) is 6.65. The molecule has 12 heteroatoms. The summed E-state index contributed by atoms with van der Waals surface area (Å²) >= 11 is 0. The van der Waals surface area contributed by atoms with Crippen molar-refractivity contribution >= 4 is 35.6 Å². The molecule has 4 heterocycles. The highest BCUT2D eigenvalue weighted by Gasteiger charge is 2.34. The molecule has 0 bridgehead atoms. The maximum Gasteiger partial charge on any atom is 0.316 e. The van der Waals surface area contributed by atoms with Crippen LogP contribution in [0.4, 0.5) is 11.4 Å². The van der Waals surface area contributed by atoms with Crippen LogP contribution < -0.4 is 9.64 Å². The second-order valence-electron chi connectivity index (χ2n) is 12.7. The molecule has 0 radical (unpaired) electrons. The van der Waals surface area contributed by atoms with E-state index in [1.807, 2.05) is 59.8 Å². The first kappa shape index (κ1) is 35.6. The molecule has 2 amide bonds. The van der Waals surface area contributed by atoms with E-state index in [1.165, 1.54) is 42.1 Å². The third-order valence-electron chi connectivity index (χ3n) is 9.75. The summed E-state index contributed by atoms with van der Waals surface area (Å²) in [4.78, 5) is 43.6. The van der Waals surface area contributed by atoms with Crippen LogP contribution in [0.3, 0.4) is 0 Å². The number of aromatic nitrogens is 3. The average Bonchev–Trinajstić information content (AvgIpc) is 3.45. The highest BCUT2D eigenvalue weighted by atomic mass is 35.5. The number of benzene rings is 3. The molecule has 0 spiro atoms. The topological polar surface area (TPSA) is 113 Å². The molecule has 7 rings (SSSR count). The number of carbonyl (C=O) groups excluding carboxylic acids is 2. The van der Waals surface area contributed by atoms with E-state index in [4.69, 9.17) is 9.47 Å². The molecular weight excluding hydrogens is 668 g/mol. The van der Waals surface area contributed by atoms with Gasteiger partial charge < -0.3 is 24.0 Å². The number of phenols is 1. The molecule has 1 N–H and O–H groups in total. The average molecular weight is 709 g/mol. The van der Waals surface area contributed by atoms with E-state index in [0.29, 0.717) is 42.3 Å². The maximum absolute atomic E-state index is 14.7. The van der Waals surface area contributed by atoms with Gasteiger partial charge in [0.25, 0.3) is 11.8 Å². The van der Waals surface area contributed by atoms with E-state index < -0.39 is 0 Å². The lowest BCUT2D eigenvalue weighted by Crippen LogP contribution is -2.52. The minimum absolute atomic E-state index is 0. The van der Waals surface area contributed by atoms with Crippen LogP contribution in [0.5, 0.6) is 11.8 Å². The van der Waals surface area contributed by atoms with Gasteiger partial charge in [0.15, 0.2) is 0 Å². The summed E-state index contributed by atoms with van der Waals surface area (Å²) in [5, 5.41) is 9.97. The smallest absolute Gasteiger partial charge is 0.316 e. The van der Waals surface area contributed by atoms with Gasteiger partial charge in [0.05, 0.1) is 44.0 Å². The zero-order valence-electron chi connectivity index (χ0n) is 28.9. The Balaban J connectivity index is 0.00000448. The van der Waals surface area contributed by atoms with Crippen LogP contribution in [0.1, 0.15) is 37.5 Å². The fraction of sp³-hybridized carbons (Fsp3) is 0.282. The highest BCUT2D eigenvalue weighted by molar-refractivity contribution is 6.12. The van der Waals surface area contributed by atoms with Gasteiger partial charge in [-0.1, -0.05) is 42.5 Å². The van der Waals surface area contributed by atoms with Crippen molar-refractivity contribution in [1.82, 2.24) is 24.3 Å². The molecule has 5 aromatic rings. The van der Waals surface area contributed by atoms with E-state index in [2.05, 4.69) is 33.1 Å². The SMILES string of the molecule is COc1ncc(N(C(=O)c2cc(-c3ccccc3C(=O)N3Cc4ccccc4C[C@H]3CN3CCOCC3)n(C)c2C)c2ccc(O)cc2)cn1.Cl.